The molecule has 1 unspecified atom stereocenters. The van der Waals surface area contributed by atoms with Crippen molar-refractivity contribution in [1.29, 1.82) is 0 Å². The predicted octanol–water partition coefficient (Wildman–Crippen LogP) is 3.56. The van der Waals surface area contributed by atoms with Crippen LogP contribution in [0, 0.1) is 5.82 Å². The SMILES string of the molecule is O=C(O)CC(NC(=O)c1cc(=O)n(-c2ccc(Cl)cc2)[nH]1)c1cc(F)ccc1Cl. The lowest BCUT2D eigenvalue weighted by molar-refractivity contribution is -0.137. The second-order valence-corrected chi connectivity index (χ2v) is 6.95. The number of halogens is 3. The Labute approximate surface area is 173 Å². The van der Waals surface area contributed by atoms with Gasteiger partial charge in [-0.3, -0.25) is 19.5 Å². The van der Waals surface area contributed by atoms with Gasteiger partial charge in [0.25, 0.3) is 11.5 Å². The molecule has 0 aliphatic rings. The number of carbonyl (C=O) groups is 2. The molecule has 1 atom stereocenters. The zero-order valence-electron chi connectivity index (χ0n) is 14.7. The van der Waals surface area contributed by atoms with Crippen molar-refractivity contribution in [1.82, 2.24) is 15.1 Å². The number of aromatic amines is 1. The number of carboxylic acids is 1. The third-order valence-corrected chi connectivity index (χ3v) is 4.66. The van der Waals surface area contributed by atoms with E-state index >= 15 is 0 Å². The fourth-order valence-corrected chi connectivity index (χ4v) is 3.10. The molecule has 10 heteroatoms. The first-order chi connectivity index (χ1) is 13.7. The van der Waals surface area contributed by atoms with Crippen LogP contribution in [0.1, 0.15) is 28.5 Å². The van der Waals surface area contributed by atoms with Crippen molar-refractivity contribution in [3.8, 4) is 5.69 Å². The molecule has 150 valence electrons. The average Bonchev–Trinajstić information content (AvgIpc) is 3.05. The van der Waals surface area contributed by atoms with Gasteiger partial charge in [-0.1, -0.05) is 23.2 Å². The molecule has 0 saturated carbocycles. The first-order valence-corrected chi connectivity index (χ1v) is 9.06. The van der Waals surface area contributed by atoms with E-state index in [1.54, 1.807) is 24.3 Å². The largest absolute Gasteiger partial charge is 0.481 e. The molecular weight excluding hydrogens is 424 g/mol. The van der Waals surface area contributed by atoms with Crippen molar-refractivity contribution < 1.29 is 19.1 Å². The van der Waals surface area contributed by atoms with E-state index in [1.807, 2.05) is 0 Å². The maximum atomic E-state index is 13.6. The Kier molecular flexibility index (Phi) is 6.05. The van der Waals surface area contributed by atoms with Crippen molar-refractivity contribution in [3.05, 3.63) is 86.0 Å². The van der Waals surface area contributed by atoms with Crippen molar-refractivity contribution >= 4 is 35.1 Å². The number of H-pyrrole nitrogens is 1. The average molecular weight is 438 g/mol. The molecule has 0 aliphatic heterocycles. The van der Waals surface area contributed by atoms with Crippen LogP contribution in [0.15, 0.2) is 53.3 Å². The maximum absolute atomic E-state index is 13.6. The number of carboxylic acid groups (broad SMARTS) is 1. The summed E-state index contributed by atoms with van der Waals surface area (Å²) in [6.07, 6.45) is -0.531. The summed E-state index contributed by atoms with van der Waals surface area (Å²) in [7, 11) is 0. The zero-order chi connectivity index (χ0) is 21.1. The highest BCUT2D eigenvalue weighted by atomic mass is 35.5. The van der Waals surface area contributed by atoms with E-state index in [2.05, 4.69) is 10.4 Å². The predicted molar refractivity (Wildman–Crippen MR) is 105 cm³/mol. The van der Waals surface area contributed by atoms with E-state index in [-0.39, 0.29) is 16.3 Å². The summed E-state index contributed by atoms with van der Waals surface area (Å²) in [5.74, 6) is -2.60. The molecule has 0 bridgehead atoms. The normalized spacial score (nSPS) is 11.8. The van der Waals surface area contributed by atoms with Gasteiger partial charge in [-0.25, -0.2) is 9.07 Å². The summed E-state index contributed by atoms with van der Waals surface area (Å²) >= 11 is 11.9. The molecule has 3 N–H and O–H groups in total. The molecule has 2 aromatic carbocycles. The zero-order valence-corrected chi connectivity index (χ0v) is 16.2. The van der Waals surface area contributed by atoms with Crippen LogP contribution in [0.4, 0.5) is 4.39 Å². The lowest BCUT2D eigenvalue weighted by Crippen LogP contribution is -2.31. The van der Waals surface area contributed by atoms with E-state index in [9.17, 15) is 18.8 Å². The standard InChI is InChI=1S/C19H14Cl2FN3O4/c20-10-1-4-12(5-2-10)25-17(26)8-16(24-25)19(29)23-15(9-18(27)28)13-7-11(22)3-6-14(13)21/h1-8,15,24H,9H2,(H,23,29)(H,27,28). The Morgan fingerprint density at radius 2 is 1.83 bits per heavy atom. The summed E-state index contributed by atoms with van der Waals surface area (Å²) < 4.78 is 14.7. The van der Waals surface area contributed by atoms with Gasteiger partial charge in [-0.15, -0.1) is 0 Å². The van der Waals surface area contributed by atoms with E-state index in [4.69, 9.17) is 28.3 Å². The third kappa shape index (κ3) is 4.85. The fourth-order valence-electron chi connectivity index (χ4n) is 2.73. The van der Waals surface area contributed by atoms with Crippen molar-refractivity contribution in [2.24, 2.45) is 0 Å². The van der Waals surface area contributed by atoms with Crippen LogP contribution in [0.5, 0.6) is 0 Å². The Morgan fingerprint density at radius 1 is 1.14 bits per heavy atom. The number of amides is 1. The van der Waals surface area contributed by atoms with E-state index in [0.717, 1.165) is 22.9 Å². The highest BCUT2D eigenvalue weighted by Gasteiger charge is 2.23. The van der Waals surface area contributed by atoms with Gasteiger partial charge in [0, 0.05) is 16.1 Å². The number of hydrogen-bond donors (Lipinski definition) is 3. The molecule has 3 aromatic rings. The van der Waals surface area contributed by atoms with E-state index in [0.29, 0.717) is 10.7 Å². The quantitative estimate of drug-likeness (QED) is 0.548. The minimum absolute atomic E-state index is 0.102. The summed E-state index contributed by atoms with van der Waals surface area (Å²) in [5.41, 5.74) is -0.0421. The van der Waals surface area contributed by atoms with Crippen molar-refractivity contribution in [3.63, 3.8) is 0 Å². The summed E-state index contributed by atoms with van der Waals surface area (Å²) in [4.78, 5) is 36.0. The highest BCUT2D eigenvalue weighted by Crippen LogP contribution is 2.26. The maximum Gasteiger partial charge on any atom is 0.305 e. The molecule has 7 nitrogen and oxygen atoms in total. The highest BCUT2D eigenvalue weighted by molar-refractivity contribution is 6.31. The molecule has 0 saturated heterocycles. The van der Waals surface area contributed by atoms with E-state index < -0.39 is 35.7 Å². The molecule has 29 heavy (non-hydrogen) atoms. The smallest absolute Gasteiger partial charge is 0.305 e. The molecule has 0 spiro atoms. The minimum Gasteiger partial charge on any atom is -0.481 e. The number of nitrogens with one attached hydrogen (secondary N) is 2. The van der Waals surface area contributed by atoms with Crippen LogP contribution < -0.4 is 10.9 Å². The fraction of sp³-hybridized carbons (Fsp3) is 0.105. The summed E-state index contributed by atoms with van der Waals surface area (Å²) in [5, 5.41) is 14.9. The van der Waals surface area contributed by atoms with Crippen LogP contribution in [0.3, 0.4) is 0 Å². The van der Waals surface area contributed by atoms with Gasteiger partial charge < -0.3 is 10.4 Å². The van der Waals surface area contributed by atoms with Gasteiger partial charge >= 0.3 is 5.97 Å². The van der Waals surface area contributed by atoms with Gasteiger partial charge in [-0.05, 0) is 48.0 Å². The molecule has 1 heterocycles. The van der Waals surface area contributed by atoms with Crippen molar-refractivity contribution in [2.45, 2.75) is 12.5 Å². The Hall–Kier alpha value is -3.10. The first kappa shape index (κ1) is 20.6. The second-order valence-electron chi connectivity index (χ2n) is 6.11. The lowest BCUT2D eigenvalue weighted by atomic mass is 10.0. The van der Waals surface area contributed by atoms with Crippen LogP contribution in [0.2, 0.25) is 10.0 Å². The Bertz CT molecular complexity index is 1130. The Morgan fingerprint density at radius 3 is 2.48 bits per heavy atom. The first-order valence-electron chi connectivity index (χ1n) is 8.30. The van der Waals surface area contributed by atoms with Gasteiger partial charge in [0.05, 0.1) is 18.2 Å². The molecule has 3 rings (SSSR count). The van der Waals surface area contributed by atoms with E-state index in [1.165, 1.54) is 6.07 Å². The summed E-state index contributed by atoms with van der Waals surface area (Å²) in [6.45, 7) is 0. The number of aliphatic carboxylic acids is 1. The van der Waals surface area contributed by atoms with Crippen LogP contribution >= 0.6 is 23.2 Å². The van der Waals surface area contributed by atoms with Crippen LogP contribution in [0.25, 0.3) is 5.69 Å². The molecule has 1 amide bonds. The van der Waals surface area contributed by atoms with Gasteiger partial charge in [-0.2, -0.15) is 0 Å². The topological polar surface area (TPSA) is 104 Å². The number of aromatic nitrogens is 2. The van der Waals surface area contributed by atoms with Crippen LogP contribution in [-0.4, -0.2) is 26.8 Å². The minimum atomic E-state index is -1.22. The van der Waals surface area contributed by atoms with Gasteiger partial charge in [0.2, 0.25) is 0 Å². The molecule has 0 aliphatic carbocycles. The third-order valence-electron chi connectivity index (χ3n) is 4.07. The molecule has 0 fully saturated rings. The van der Waals surface area contributed by atoms with Gasteiger partial charge in [0.1, 0.15) is 11.5 Å². The lowest BCUT2D eigenvalue weighted by Gasteiger charge is -2.18. The summed E-state index contributed by atoms with van der Waals surface area (Å²) in [6, 6.07) is 9.74. The molecular formula is C19H14Cl2FN3O4. The molecule has 1 aromatic heterocycles. The van der Waals surface area contributed by atoms with Crippen molar-refractivity contribution in [2.75, 3.05) is 0 Å². The second kappa shape index (κ2) is 8.50. The number of nitrogens with zero attached hydrogens (tertiary/aromatic N) is 1. The van der Waals surface area contributed by atoms with Gasteiger partial charge in [0.15, 0.2) is 0 Å². The number of carbonyl (C=O) groups excluding carboxylic acids is 1. The van der Waals surface area contributed by atoms with Crippen LogP contribution in [-0.2, 0) is 4.79 Å². The number of hydrogen-bond acceptors (Lipinski definition) is 3. The monoisotopic (exact) mass is 437 g/mol. The number of benzene rings is 2. The molecule has 0 radical (unpaired) electrons. The number of rotatable bonds is 6. The Balaban J connectivity index is 1.89.